The third-order valence-corrected chi connectivity index (χ3v) is 6.17. The maximum absolute atomic E-state index is 12.9. The Hall–Kier alpha value is -1.67. The quantitative estimate of drug-likeness (QED) is 0.839. The van der Waals surface area contributed by atoms with Crippen LogP contribution in [-0.2, 0) is 16.6 Å². The molecule has 2 aromatic heterocycles. The van der Waals surface area contributed by atoms with E-state index < -0.39 is 10.0 Å². The minimum absolute atomic E-state index is 0.156. The van der Waals surface area contributed by atoms with Crippen LogP contribution in [0.4, 0.5) is 0 Å². The van der Waals surface area contributed by atoms with Crippen LogP contribution in [-0.4, -0.2) is 40.0 Å². The summed E-state index contributed by atoms with van der Waals surface area (Å²) in [5.41, 5.74) is 0.169. The van der Waals surface area contributed by atoms with E-state index in [1.807, 2.05) is 13.8 Å². The second kappa shape index (κ2) is 6.68. The highest BCUT2D eigenvalue weighted by Gasteiger charge is 2.26. The van der Waals surface area contributed by atoms with Gasteiger partial charge in [0.25, 0.3) is 0 Å². The van der Waals surface area contributed by atoms with Crippen molar-refractivity contribution in [3.8, 4) is 0 Å². The first-order valence-corrected chi connectivity index (χ1v) is 9.93. The predicted molar refractivity (Wildman–Crippen MR) is 91.5 cm³/mol. The lowest BCUT2D eigenvalue weighted by molar-refractivity contribution is 0.423. The molecule has 0 radical (unpaired) electrons. The van der Waals surface area contributed by atoms with Crippen molar-refractivity contribution in [1.29, 1.82) is 0 Å². The molecule has 2 aromatic rings. The highest BCUT2D eigenvalue weighted by atomic mass is 32.2. The first kappa shape index (κ1) is 17.2. The van der Waals surface area contributed by atoms with E-state index in [9.17, 15) is 13.2 Å². The molecule has 8 heteroatoms. The van der Waals surface area contributed by atoms with Crippen LogP contribution in [0.3, 0.4) is 0 Å². The van der Waals surface area contributed by atoms with Gasteiger partial charge in [-0.25, -0.2) is 22.3 Å². The molecule has 1 fully saturated rings. The van der Waals surface area contributed by atoms with E-state index in [4.69, 9.17) is 0 Å². The first-order valence-electron chi connectivity index (χ1n) is 8.49. The number of nitrogens with zero attached hydrogens (tertiary/aromatic N) is 4. The van der Waals surface area contributed by atoms with E-state index in [0.717, 1.165) is 25.7 Å². The van der Waals surface area contributed by atoms with Crippen LogP contribution in [0.15, 0.2) is 28.0 Å². The highest BCUT2D eigenvalue weighted by Crippen LogP contribution is 2.20. The van der Waals surface area contributed by atoms with Crippen LogP contribution in [0.25, 0.3) is 5.65 Å². The van der Waals surface area contributed by atoms with Crippen LogP contribution >= 0.6 is 0 Å². The Balaban J connectivity index is 2.00. The molecule has 3 heterocycles. The van der Waals surface area contributed by atoms with Crippen LogP contribution in [0.2, 0.25) is 0 Å². The molecule has 24 heavy (non-hydrogen) atoms. The fourth-order valence-electron chi connectivity index (χ4n) is 3.05. The fourth-order valence-corrected chi connectivity index (χ4v) is 4.56. The smallest absolute Gasteiger partial charge is 0.249 e. The minimum Gasteiger partial charge on any atom is -0.249 e. The second-order valence-electron chi connectivity index (χ2n) is 6.77. The number of hydrogen-bond donors (Lipinski definition) is 0. The zero-order chi connectivity index (χ0) is 17.3. The largest absolute Gasteiger partial charge is 0.350 e. The molecule has 7 nitrogen and oxygen atoms in total. The standard InChI is InChI=1S/C16H24N4O3S/c1-13(2)11-20-16(21)19-12-14(7-8-15(19)17-20)24(22,23)18-9-5-3-4-6-10-18/h7-8,12-13H,3-6,9-11H2,1-2H3. The molecule has 0 unspecified atom stereocenters. The molecule has 0 spiro atoms. The first-order chi connectivity index (χ1) is 11.4. The summed E-state index contributed by atoms with van der Waals surface area (Å²) in [6.07, 6.45) is 5.29. The molecular weight excluding hydrogens is 328 g/mol. The van der Waals surface area contributed by atoms with Gasteiger partial charge in [-0.05, 0) is 30.9 Å². The lowest BCUT2D eigenvalue weighted by Crippen LogP contribution is -2.32. The van der Waals surface area contributed by atoms with Crippen molar-refractivity contribution in [2.45, 2.75) is 51.0 Å². The van der Waals surface area contributed by atoms with Gasteiger partial charge in [0.15, 0.2) is 5.65 Å². The maximum Gasteiger partial charge on any atom is 0.350 e. The summed E-state index contributed by atoms with van der Waals surface area (Å²) in [5.74, 6) is 0.285. The number of fused-ring (bicyclic) bond motifs is 1. The molecule has 0 amide bonds. The molecule has 0 aromatic carbocycles. The van der Waals surface area contributed by atoms with Crippen molar-refractivity contribution in [2.75, 3.05) is 13.1 Å². The van der Waals surface area contributed by atoms with Gasteiger partial charge in [-0.3, -0.25) is 0 Å². The number of rotatable bonds is 4. The Morgan fingerprint density at radius 2 is 1.79 bits per heavy atom. The minimum atomic E-state index is -3.57. The Morgan fingerprint density at radius 3 is 2.42 bits per heavy atom. The van der Waals surface area contributed by atoms with Crippen LogP contribution < -0.4 is 5.69 Å². The Kier molecular flexibility index (Phi) is 4.78. The SMILES string of the molecule is CC(C)Cn1nc2ccc(S(=O)(=O)N3CCCCCC3)cn2c1=O. The summed E-state index contributed by atoms with van der Waals surface area (Å²) in [6, 6.07) is 3.14. The van der Waals surface area contributed by atoms with Gasteiger partial charge >= 0.3 is 5.69 Å². The van der Waals surface area contributed by atoms with E-state index in [-0.39, 0.29) is 16.5 Å². The monoisotopic (exact) mass is 352 g/mol. The van der Waals surface area contributed by atoms with Crippen LogP contribution in [0.5, 0.6) is 0 Å². The van der Waals surface area contributed by atoms with Crippen molar-refractivity contribution in [3.05, 3.63) is 28.8 Å². The topological polar surface area (TPSA) is 76.7 Å². The summed E-state index contributed by atoms with van der Waals surface area (Å²) in [5, 5.41) is 4.26. The summed E-state index contributed by atoms with van der Waals surface area (Å²) < 4.78 is 30.0. The number of pyridine rings is 1. The summed E-state index contributed by atoms with van der Waals surface area (Å²) in [6.45, 7) is 5.61. The van der Waals surface area contributed by atoms with Gasteiger partial charge in [0.1, 0.15) is 0 Å². The molecule has 0 saturated carbocycles. The van der Waals surface area contributed by atoms with Gasteiger partial charge < -0.3 is 0 Å². The molecule has 132 valence electrons. The molecule has 1 aliphatic heterocycles. The van der Waals surface area contributed by atoms with Crippen molar-refractivity contribution in [2.24, 2.45) is 5.92 Å². The summed E-state index contributed by atoms with van der Waals surface area (Å²) in [7, 11) is -3.57. The zero-order valence-electron chi connectivity index (χ0n) is 14.2. The normalized spacial score (nSPS) is 17.5. The third kappa shape index (κ3) is 3.25. The van der Waals surface area contributed by atoms with Gasteiger partial charge in [0.05, 0.1) is 4.90 Å². The average molecular weight is 352 g/mol. The number of sulfonamides is 1. The molecular formula is C16H24N4O3S. The van der Waals surface area contributed by atoms with E-state index in [1.54, 1.807) is 12.1 Å². The van der Waals surface area contributed by atoms with Gasteiger partial charge in [0, 0.05) is 25.8 Å². The fraction of sp³-hybridized carbons (Fsp3) is 0.625. The van der Waals surface area contributed by atoms with Crippen molar-refractivity contribution >= 4 is 15.7 Å². The van der Waals surface area contributed by atoms with E-state index in [0.29, 0.717) is 25.3 Å². The highest BCUT2D eigenvalue weighted by molar-refractivity contribution is 7.89. The van der Waals surface area contributed by atoms with Crippen LogP contribution in [0.1, 0.15) is 39.5 Å². The molecule has 0 N–H and O–H groups in total. The van der Waals surface area contributed by atoms with Crippen molar-refractivity contribution in [3.63, 3.8) is 0 Å². The lowest BCUT2D eigenvalue weighted by atomic mass is 10.2. The lowest BCUT2D eigenvalue weighted by Gasteiger charge is -2.19. The van der Waals surface area contributed by atoms with E-state index in [1.165, 1.54) is 19.6 Å². The van der Waals surface area contributed by atoms with Gasteiger partial charge in [-0.15, -0.1) is 5.10 Å². The molecule has 1 saturated heterocycles. The van der Waals surface area contributed by atoms with Crippen molar-refractivity contribution in [1.82, 2.24) is 18.5 Å². The Labute approximate surface area is 141 Å². The summed E-state index contributed by atoms with van der Waals surface area (Å²) >= 11 is 0. The Bertz CT molecular complexity index is 874. The third-order valence-electron chi connectivity index (χ3n) is 4.29. The summed E-state index contributed by atoms with van der Waals surface area (Å²) in [4.78, 5) is 12.6. The van der Waals surface area contributed by atoms with Gasteiger partial charge in [-0.2, -0.15) is 4.31 Å². The van der Waals surface area contributed by atoms with Gasteiger partial charge in [-0.1, -0.05) is 26.7 Å². The number of hydrogen-bond acceptors (Lipinski definition) is 4. The maximum atomic E-state index is 12.9. The van der Waals surface area contributed by atoms with E-state index in [2.05, 4.69) is 5.10 Å². The second-order valence-corrected chi connectivity index (χ2v) is 8.71. The molecule has 0 atom stereocenters. The van der Waals surface area contributed by atoms with Crippen LogP contribution in [0, 0.1) is 5.92 Å². The number of aromatic nitrogens is 3. The molecule has 1 aliphatic rings. The van der Waals surface area contributed by atoms with Gasteiger partial charge in [0.2, 0.25) is 10.0 Å². The predicted octanol–water partition coefficient (Wildman–Crippen LogP) is 1.72. The molecule has 0 aliphatic carbocycles. The average Bonchev–Trinajstić information content (AvgIpc) is 2.73. The zero-order valence-corrected chi connectivity index (χ0v) is 15.0. The van der Waals surface area contributed by atoms with Crippen molar-refractivity contribution < 1.29 is 8.42 Å². The van der Waals surface area contributed by atoms with E-state index >= 15 is 0 Å². The molecule has 3 rings (SSSR count). The molecule has 0 bridgehead atoms. The Morgan fingerprint density at radius 1 is 1.12 bits per heavy atom.